The van der Waals surface area contributed by atoms with Crippen molar-refractivity contribution in [1.29, 1.82) is 0 Å². The fourth-order valence-corrected chi connectivity index (χ4v) is 2.71. The van der Waals surface area contributed by atoms with Crippen LogP contribution in [0.1, 0.15) is 37.4 Å². The summed E-state index contributed by atoms with van der Waals surface area (Å²) in [4.78, 5) is 0. The first-order valence-electron chi connectivity index (χ1n) is 6.03. The van der Waals surface area contributed by atoms with Crippen molar-refractivity contribution in [3.8, 4) is 0 Å². The van der Waals surface area contributed by atoms with Crippen LogP contribution in [0.15, 0.2) is 18.2 Å². The second-order valence-electron chi connectivity index (χ2n) is 4.57. The van der Waals surface area contributed by atoms with Gasteiger partial charge in [-0.05, 0) is 31.0 Å². The van der Waals surface area contributed by atoms with E-state index in [0.29, 0.717) is 28.2 Å². The molecule has 0 aliphatic heterocycles. The highest BCUT2D eigenvalue weighted by molar-refractivity contribution is 6.33. The monoisotopic (exact) mass is 273 g/mol. The second kappa shape index (κ2) is 6.05. The molecule has 4 heteroatoms. The molecule has 1 aliphatic carbocycles. The van der Waals surface area contributed by atoms with Gasteiger partial charge < -0.3 is 10.4 Å². The SMILES string of the molecule is OC(CNC1CCCC1)c1cc(Cl)ccc1Cl. The Morgan fingerprint density at radius 1 is 1.29 bits per heavy atom. The van der Waals surface area contributed by atoms with E-state index < -0.39 is 6.10 Å². The standard InChI is InChI=1S/C13H17Cl2NO/c14-9-5-6-12(15)11(7-9)13(17)8-16-10-3-1-2-4-10/h5-7,10,13,16-17H,1-4,8H2. The van der Waals surface area contributed by atoms with E-state index in [9.17, 15) is 5.11 Å². The summed E-state index contributed by atoms with van der Waals surface area (Å²) in [6, 6.07) is 5.72. The highest BCUT2D eigenvalue weighted by Crippen LogP contribution is 2.26. The summed E-state index contributed by atoms with van der Waals surface area (Å²) < 4.78 is 0. The van der Waals surface area contributed by atoms with Crippen molar-refractivity contribution in [1.82, 2.24) is 5.32 Å². The number of benzene rings is 1. The number of hydrogen-bond acceptors (Lipinski definition) is 2. The van der Waals surface area contributed by atoms with Gasteiger partial charge in [-0.2, -0.15) is 0 Å². The Morgan fingerprint density at radius 2 is 2.00 bits per heavy atom. The Kier molecular flexibility index (Phi) is 4.69. The molecule has 0 spiro atoms. The van der Waals surface area contributed by atoms with Gasteiger partial charge >= 0.3 is 0 Å². The van der Waals surface area contributed by atoms with Gasteiger partial charge in [-0.1, -0.05) is 36.0 Å². The van der Waals surface area contributed by atoms with Crippen molar-refractivity contribution < 1.29 is 5.11 Å². The van der Waals surface area contributed by atoms with Crippen LogP contribution in [0.3, 0.4) is 0 Å². The van der Waals surface area contributed by atoms with Gasteiger partial charge in [0.1, 0.15) is 0 Å². The molecular weight excluding hydrogens is 257 g/mol. The van der Waals surface area contributed by atoms with Gasteiger partial charge in [0.15, 0.2) is 0 Å². The molecule has 2 rings (SSSR count). The van der Waals surface area contributed by atoms with E-state index in [1.807, 2.05) is 0 Å². The lowest BCUT2D eigenvalue weighted by Gasteiger charge is -2.17. The van der Waals surface area contributed by atoms with Crippen LogP contribution in [-0.4, -0.2) is 17.7 Å². The first-order chi connectivity index (χ1) is 8.16. The molecule has 1 aromatic rings. The van der Waals surface area contributed by atoms with Crippen LogP contribution in [0, 0.1) is 0 Å². The molecule has 0 aromatic heterocycles. The molecule has 94 valence electrons. The molecule has 0 bridgehead atoms. The molecule has 0 saturated heterocycles. The van der Waals surface area contributed by atoms with E-state index in [4.69, 9.17) is 23.2 Å². The lowest BCUT2D eigenvalue weighted by Crippen LogP contribution is -2.30. The van der Waals surface area contributed by atoms with Crippen LogP contribution in [-0.2, 0) is 0 Å². The van der Waals surface area contributed by atoms with Crippen LogP contribution >= 0.6 is 23.2 Å². The van der Waals surface area contributed by atoms with Crippen molar-refractivity contribution in [2.24, 2.45) is 0 Å². The van der Waals surface area contributed by atoms with E-state index in [-0.39, 0.29) is 0 Å². The second-order valence-corrected chi connectivity index (χ2v) is 5.41. The smallest absolute Gasteiger partial charge is 0.0929 e. The van der Waals surface area contributed by atoms with Gasteiger partial charge in [-0.3, -0.25) is 0 Å². The lowest BCUT2D eigenvalue weighted by atomic mass is 10.1. The van der Waals surface area contributed by atoms with Gasteiger partial charge in [0.05, 0.1) is 6.10 Å². The first kappa shape index (κ1) is 13.2. The number of hydrogen-bond donors (Lipinski definition) is 2. The third-order valence-corrected chi connectivity index (χ3v) is 3.85. The predicted molar refractivity (Wildman–Crippen MR) is 71.7 cm³/mol. The molecule has 1 atom stereocenters. The molecule has 1 aliphatic rings. The maximum Gasteiger partial charge on any atom is 0.0929 e. The van der Waals surface area contributed by atoms with Crippen LogP contribution in [0.25, 0.3) is 0 Å². The van der Waals surface area contributed by atoms with Crippen LogP contribution in [0.5, 0.6) is 0 Å². The summed E-state index contributed by atoms with van der Waals surface area (Å²) in [5.74, 6) is 0. The largest absolute Gasteiger partial charge is 0.387 e. The highest BCUT2D eigenvalue weighted by Gasteiger charge is 2.17. The molecule has 17 heavy (non-hydrogen) atoms. The number of rotatable bonds is 4. The Labute approximate surface area is 112 Å². The minimum absolute atomic E-state index is 0.532. The average Bonchev–Trinajstić information content (AvgIpc) is 2.82. The van der Waals surface area contributed by atoms with Crippen LogP contribution in [0.4, 0.5) is 0 Å². The van der Waals surface area contributed by atoms with Crippen molar-refractivity contribution >= 4 is 23.2 Å². The molecule has 0 radical (unpaired) electrons. The van der Waals surface area contributed by atoms with Crippen LogP contribution in [0.2, 0.25) is 10.0 Å². The van der Waals surface area contributed by atoms with E-state index in [1.165, 1.54) is 25.7 Å². The summed E-state index contributed by atoms with van der Waals surface area (Å²) in [7, 11) is 0. The molecule has 0 heterocycles. The molecule has 1 unspecified atom stereocenters. The maximum absolute atomic E-state index is 10.1. The summed E-state index contributed by atoms with van der Waals surface area (Å²) in [5.41, 5.74) is 0.699. The van der Waals surface area contributed by atoms with Gasteiger partial charge in [0, 0.05) is 28.2 Å². The summed E-state index contributed by atoms with van der Waals surface area (Å²) in [6.45, 7) is 0.532. The summed E-state index contributed by atoms with van der Waals surface area (Å²) in [5, 5.41) is 14.6. The van der Waals surface area contributed by atoms with Crippen molar-refractivity contribution in [2.45, 2.75) is 37.8 Å². The third kappa shape index (κ3) is 3.59. The number of aliphatic hydroxyl groups is 1. The normalized spacial score (nSPS) is 18.5. The first-order valence-corrected chi connectivity index (χ1v) is 6.79. The Balaban J connectivity index is 1.93. The van der Waals surface area contributed by atoms with Gasteiger partial charge in [-0.15, -0.1) is 0 Å². The molecule has 0 amide bonds. The Hall–Kier alpha value is -0.280. The summed E-state index contributed by atoms with van der Waals surface area (Å²) in [6.07, 6.45) is 4.38. The van der Waals surface area contributed by atoms with E-state index in [2.05, 4.69) is 5.32 Å². The van der Waals surface area contributed by atoms with Crippen molar-refractivity contribution in [2.75, 3.05) is 6.54 Å². The Bertz CT molecular complexity index is 378. The molecule has 1 aromatic carbocycles. The number of aliphatic hydroxyl groups excluding tert-OH is 1. The topological polar surface area (TPSA) is 32.3 Å². The molecule has 2 N–H and O–H groups in total. The van der Waals surface area contributed by atoms with Gasteiger partial charge in [-0.25, -0.2) is 0 Å². The fourth-order valence-electron chi connectivity index (χ4n) is 2.29. The molecule has 1 saturated carbocycles. The van der Waals surface area contributed by atoms with E-state index in [0.717, 1.165) is 0 Å². The van der Waals surface area contributed by atoms with Gasteiger partial charge in [0.25, 0.3) is 0 Å². The molecular formula is C13H17Cl2NO. The van der Waals surface area contributed by atoms with Crippen LogP contribution < -0.4 is 5.32 Å². The number of nitrogens with one attached hydrogen (secondary N) is 1. The third-order valence-electron chi connectivity index (χ3n) is 3.27. The fraction of sp³-hybridized carbons (Fsp3) is 0.538. The minimum atomic E-state index is -0.596. The Morgan fingerprint density at radius 3 is 2.71 bits per heavy atom. The van der Waals surface area contributed by atoms with Crippen molar-refractivity contribution in [3.63, 3.8) is 0 Å². The molecule has 1 fully saturated rings. The maximum atomic E-state index is 10.1. The highest BCUT2D eigenvalue weighted by atomic mass is 35.5. The van der Waals surface area contributed by atoms with Gasteiger partial charge in [0.2, 0.25) is 0 Å². The zero-order valence-electron chi connectivity index (χ0n) is 9.63. The number of halogens is 2. The zero-order valence-corrected chi connectivity index (χ0v) is 11.1. The van der Waals surface area contributed by atoms with E-state index in [1.54, 1.807) is 18.2 Å². The van der Waals surface area contributed by atoms with E-state index >= 15 is 0 Å². The van der Waals surface area contributed by atoms with Crippen molar-refractivity contribution in [3.05, 3.63) is 33.8 Å². The molecule has 2 nitrogen and oxygen atoms in total. The minimum Gasteiger partial charge on any atom is -0.387 e. The summed E-state index contributed by atoms with van der Waals surface area (Å²) >= 11 is 11.9. The quantitative estimate of drug-likeness (QED) is 0.879. The zero-order chi connectivity index (χ0) is 12.3. The predicted octanol–water partition coefficient (Wildman–Crippen LogP) is 3.56. The average molecular weight is 274 g/mol. The lowest BCUT2D eigenvalue weighted by molar-refractivity contribution is 0.170.